The molecule has 1 heterocycles. The summed E-state index contributed by atoms with van der Waals surface area (Å²) in [5.74, 6) is 0. The van der Waals surface area contributed by atoms with Gasteiger partial charge in [0, 0.05) is 41.8 Å². The Bertz CT molecular complexity index is 416. The molecule has 0 aliphatic carbocycles. The second-order valence-corrected chi connectivity index (χ2v) is 4.77. The lowest BCUT2D eigenvalue weighted by Gasteiger charge is -2.31. The highest BCUT2D eigenvalue weighted by Crippen LogP contribution is 2.33. The van der Waals surface area contributed by atoms with E-state index in [1.807, 2.05) is 0 Å². The van der Waals surface area contributed by atoms with Crippen LogP contribution in [0.25, 0.3) is 0 Å². The minimum absolute atomic E-state index is 0.363. The van der Waals surface area contributed by atoms with E-state index >= 15 is 0 Å². The Morgan fingerprint density at radius 3 is 2.35 bits per heavy atom. The lowest BCUT2D eigenvalue weighted by atomic mass is 10.1. The first-order chi connectivity index (χ1) is 8.24. The predicted octanol–water partition coefficient (Wildman–Crippen LogP) is 2.46. The molecule has 1 saturated heterocycles. The molecule has 0 saturated carbocycles. The molecule has 17 heavy (non-hydrogen) atoms. The number of nitrogens with one attached hydrogen (secondary N) is 1. The fourth-order valence-electron chi connectivity index (χ4n) is 2.04. The van der Waals surface area contributed by atoms with Crippen LogP contribution < -0.4 is 5.32 Å². The first kappa shape index (κ1) is 12.7. The van der Waals surface area contributed by atoms with Gasteiger partial charge >= 0.3 is 0 Å². The number of benzene rings is 1. The molecule has 1 aliphatic rings. The van der Waals surface area contributed by atoms with Crippen molar-refractivity contribution in [2.75, 3.05) is 26.2 Å². The van der Waals surface area contributed by atoms with Crippen LogP contribution in [0.3, 0.4) is 0 Å². The topological polar surface area (TPSA) is 39.1 Å². The van der Waals surface area contributed by atoms with E-state index in [0.717, 1.165) is 31.7 Å². The fourth-order valence-corrected chi connectivity index (χ4v) is 2.65. The van der Waals surface area contributed by atoms with E-state index in [2.05, 4.69) is 16.3 Å². The van der Waals surface area contributed by atoms with Gasteiger partial charge in [-0.2, -0.15) is 5.26 Å². The molecule has 0 aromatic heterocycles. The molecule has 1 aromatic rings. The molecular weight excluding hydrogens is 257 g/mol. The second-order valence-electron chi connectivity index (χ2n) is 3.95. The van der Waals surface area contributed by atoms with Crippen molar-refractivity contribution in [2.45, 2.75) is 6.04 Å². The average molecular weight is 270 g/mol. The van der Waals surface area contributed by atoms with Crippen molar-refractivity contribution in [1.82, 2.24) is 10.2 Å². The number of piperazine rings is 1. The third-order valence-electron chi connectivity index (χ3n) is 2.91. The molecule has 0 bridgehead atoms. The summed E-state index contributed by atoms with van der Waals surface area (Å²) >= 11 is 12.3. The quantitative estimate of drug-likeness (QED) is 0.897. The SMILES string of the molecule is N#CC(c1c(Cl)cccc1Cl)N1CCNCC1. The Morgan fingerprint density at radius 2 is 1.82 bits per heavy atom. The molecule has 1 N–H and O–H groups in total. The molecule has 1 unspecified atom stereocenters. The highest BCUT2D eigenvalue weighted by molar-refractivity contribution is 6.36. The van der Waals surface area contributed by atoms with E-state index in [0.29, 0.717) is 10.0 Å². The van der Waals surface area contributed by atoms with Gasteiger partial charge < -0.3 is 5.32 Å². The summed E-state index contributed by atoms with van der Waals surface area (Å²) in [4.78, 5) is 2.10. The molecular formula is C12H13Cl2N3. The van der Waals surface area contributed by atoms with Gasteiger partial charge in [-0.05, 0) is 12.1 Å². The number of nitriles is 1. The van der Waals surface area contributed by atoms with Crippen LogP contribution in [0.5, 0.6) is 0 Å². The molecule has 2 rings (SSSR count). The normalized spacial score (nSPS) is 18.6. The van der Waals surface area contributed by atoms with E-state index < -0.39 is 0 Å². The van der Waals surface area contributed by atoms with Crippen molar-refractivity contribution in [3.63, 3.8) is 0 Å². The number of rotatable bonds is 2. The van der Waals surface area contributed by atoms with Gasteiger partial charge in [-0.1, -0.05) is 29.3 Å². The number of halogens is 2. The minimum atomic E-state index is -0.363. The van der Waals surface area contributed by atoms with Gasteiger partial charge in [0.1, 0.15) is 6.04 Å². The van der Waals surface area contributed by atoms with Gasteiger partial charge in [-0.3, -0.25) is 4.90 Å². The van der Waals surface area contributed by atoms with Crippen LogP contribution >= 0.6 is 23.2 Å². The maximum atomic E-state index is 9.35. The molecule has 5 heteroatoms. The first-order valence-electron chi connectivity index (χ1n) is 5.52. The van der Waals surface area contributed by atoms with Crippen LogP contribution in [0.4, 0.5) is 0 Å². The van der Waals surface area contributed by atoms with Gasteiger partial charge in [0.25, 0.3) is 0 Å². The van der Waals surface area contributed by atoms with E-state index in [4.69, 9.17) is 23.2 Å². The molecule has 90 valence electrons. The van der Waals surface area contributed by atoms with E-state index in [9.17, 15) is 5.26 Å². The van der Waals surface area contributed by atoms with Gasteiger partial charge in [0.05, 0.1) is 6.07 Å². The first-order valence-corrected chi connectivity index (χ1v) is 6.28. The summed E-state index contributed by atoms with van der Waals surface area (Å²) in [6.45, 7) is 3.44. The number of nitrogens with zero attached hydrogens (tertiary/aromatic N) is 2. The molecule has 0 spiro atoms. The molecule has 0 radical (unpaired) electrons. The van der Waals surface area contributed by atoms with E-state index in [1.54, 1.807) is 18.2 Å². The Kier molecular flexibility index (Phi) is 4.25. The molecule has 1 aliphatic heterocycles. The molecule has 1 atom stereocenters. The fraction of sp³-hybridized carbons (Fsp3) is 0.417. The van der Waals surface area contributed by atoms with Gasteiger partial charge in [-0.15, -0.1) is 0 Å². The van der Waals surface area contributed by atoms with Crippen molar-refractivity contribution >= 4 is 23.2 Å². The van der Waals surface area contributed by atoms with Gasteiger partial charge in [0.2, 0.25) is 0 Å². The van der Waals surface area contributed by atoms with Crippen LogP contribution in [0.1, 0.15) is 11.6 Å². The van der Waals surface area contributed by atoms with E-state index in [-0.39, 0.29) is 6.04 Å². The third-order valence-corrected chi connectivity index (χ3v) is 3.57. The molecule has 1 fully saturated rings. The monoisotopic (exact) mass is 269 g/mol. The summed E-state index contributed by atoms with van der Waals surface area (Å²) in [5.41, 5.74) is 0.722. The highest BCUT2D eigenvalue weighted by Gasteiger charge is 2.25. The smallest absolute Gasteiger partial charge is 0.126 e. The van der Waals surface area contributed by atoms with Crippen molar-refractivity contribution in [2.24, 2.45) is 0 Å². The van der Waals surface area contributed by atoms with Gasteiger partial charge in [-0.25, -0.2) is 0 Å². The summed E-state index contributed by atoms with van der Waals surface area (Å²) in [6.07, 6.45) is 0. The van der Waals surface area contributed by atoms with Crippen molar-refractivity contribution < 1.29 is 0 Å². The van der Waals surface area contributed by atoms with Crippen molar-refractivity contribution in [3.05, 3.63) is 33.8 Å². The zero-order chi connectivity index (χ0) is 12.3. The van der Waals surface area contributed by atoms with Crippen LogP contribution in [-0.2, 0) is 0 Å². The zero-order valence-corrected chi connectivity index (χ0v) is 10.8. The number of hydrogen-bond donors (Lipinski definition) is 1. The summed E-state index contributed by atoms with van der Waals surface area (Å²) < 4.78 is 0. The lowest BCUT2D eigenvalue weighted by Crippen LogP contribution is -2.44. The Labute approximate surface area is 111 Å². The summed E-state index contributed by atoms with van der Waals surface area (Å²) in [5, 5.41) is 13.7. The summed E-state index contributed by atoms with van der Waals surface area (Å²) in [6, 6.07) is 7.27. The van der Waals surface area contributed by atoms with Crippen molar-refractivity contribution in [3.8, 4) is 6.07 Å². The third kappa shape index (κ3) is 2.72. The van der Waals surface area contributed by atoms with Crippen LogP contribution in [0.15, 0.2) is 18.2 Å². The number of hydrogen-bond acceptors (Lipinski definition) is 3. The van der Waals surface area contributed by atoms with Crippen LogP contribution in [0, 0.1) is 11.3 Å². The summed E-state index contributed by atoms with van der Waals surface area (Å²) in [7, 11) is 0. The lowest BCUT2D eigenvalue weighted by molar-refractivity contribution is 0.207. The molecule has 3 nitrogen and oxygen atoms in total. The second kappa shape index (κ2) is 5.70. The highest BCUT2D eigenvalue weighted by atomic mass is 35.5. The maximum absolute atomic E-state index is 9.35. The van der Waals surface area contributed by atoms with Crippen molar-refractivity contribution in [1.29, 1.82) is 5.26 Å². The maximum Gasteiger partial charge on any atom is 0.126 e. The average Bonchev–Trinajstić information content (AvgIpc) is 2.35. The molecule has 0 amide bonds. The minimum Gasteiger partial charge on any atom is -0.314 e. The van der Waals surface area contributed by atoms with Crippen LogP contribution in [0.2, 0.25) is 10.0 Å². The Hall–Kier alpha value is -0.790. The van der Waals surface area contributed by atoms with Gasteiger partial charge in [0.15, 0.2) is 0 Å². The standard InChI is InChI=1S/C12H13Cl2N3/c13-9-2-1-3-10(14)12(9)11(8-15)17-6-4-16-5-7-17/h1-3,11,16H,4-7H2. The predicted molar refractivity (Wildman–Crippen MR) is 69.3 cm³/mol. The Balaban J connectivity index is 2.32. The van der Waals surface area contributed by atoms with E-state index in [1.165, 1.54) is 0 Å². The molecule has 1 aromatic carbocycles. The van der Waals surface area contributed by atoms with Crippen LogP contribution in [-0.4, -0.2) is 31.1 Å². The zero-order valence-electron chi connectivity index (χ0n) is 9.29. The largest absolute Gasteiger partial charge is 0.314 e. The Morgan fingerprint density at radius 1 is 1.24 bits per heavy atom.